The predicted octanol–water partition coefficient (Wildman–Crippen LogP) is 2.71. The Morgan fingerprint density at radius 1 is 1.13 bits per heavy atom. The minimum Gasteiger partial charge on any atom is -0.466 e. The minimum absolute atomic E-state index is 0. The van der Waals surface area contributed by atoms with E-state index in [0.717, 1.165) is 38.2 Å². The van der Waals surface area contributed by atoms with Crippen molar-refractivity contribution in [3.05, 3.63) is 0 Å². The summed E-state index contributed by atoms with van der Waals surface area (Å²) in [6.45, 7) is 7.91. The summed E-state index contributed by atoms with van der Waals surface area (Å²) >= 11 is 0. The summed E-state index contributed by atoms with van der Waals surface area (Å²) in [4.78, 5) is 15.3. The molecule has 23 heavy (non-hydrogen) atoms. The number of carbonyl (C=O) groups excluding carboxylic acids is 1. The lowest BCUT2D eigenvalue weighted by Crippen LogP contribution is -2.45. The average Bonchev–Trinajstić information content (AvgIpc) is 2.49. The fraction of sp³-hybridized carbons (Fsp3) is 0.875. The molecule has 0 aliphatic carbocycles. The van der Waals surface area contributed by atoms with Crippen molar-refractivity contribution < 1.29 is 14.3 Å². The van der Waals surface area contributed by atoms with E-state index in [2.05, 4.69) is 15.6 Å². The first-order valence-corrected chi connectivity index (χ1v) is 8.10. The van der Waals surface area contributed by atoms with Crippen LogP contribution in [0.25, 0.3) is 0 Å². The number of nitrogens with one attached hydrogen (secondary N) is 2. The van der Waals surface area contributed by atoms with Crippen molar-refractivity contribution in [2.75, 3.05) is 33.9 Å². The molecule has 0 spiro atoms. The smallest absolute Gasteiger partial charge is 0.305 e. The van der Waals surface area contributed by atoms with Crippen molar-refractivity contribution in [1.29, 1.82) is 0 Å². The van der Waals surface area contributed by atoms with E-state index in [4.69, 9.17) is 9.47 Å². The molecular formula is C16H34IN3O3. The average molecular weight is 443 g/mol. The first kappa shape index (κ1) is 24.7. The zero-order valence-electron chi connectivity index (χ0n) is 15.2. The number of nitrogens with zero attached hydrogens (tertiary/aromatic N) is 1. The molecule has 138 valence electrons. The van der Waals surface area contributed by atoms with E-state index in [0.29, 0.717) is 19.6 Å². The van der Waals surface area contributed by atoms with Gasteiger partial charge in [0.25, 0.3) is 0 Å². The Kier molecular flexibility index (Phi) is 16.1. The number of hydrogen-bond acceptors (Lipinski definition) is 4. The summed E-state index contributed by atoms with van der Waals surface area (Å²) in [5, 5.41) is 6.52. The van der Waals surface area contributed by atoms with Crippen LogP contribution in [0.1, 0.15) is 52.9 Å². The third-order valence-electron chi connectivity index (χ3n) is 3.36. The third kappa shape index (κ3) is 14.7. The van der Waals surface area contributed by atoms with Crippen LogP contribution in [0.2, 0.25) is 0 Å². The Balaban J connectivity index is 0. The van der Waals surface area contributed by atoms with Crippen LogP contribution < -0.4 is 10.6 Å². The molecule has 0 aliphatic rings. The molecule has 0 saturated carbocycles. The monoisotopic (exact) mass is 443 g/mol. The molecule has 0 radical (unpaired) electrons. The summed E-state index contributed by atoms with van der Waals surface area (Å²) in [7, 11) is 3.46. The van der Waals surface area contributed by atoms with E-state index in [-0.39, 0.29) is 35.5 Å². The van der Waals surface area contributed by atoms with Gasteiger partial charge in [0.15, 0.2) is 5.96 Å². The van der Waals surface area contributed by atoms with Crippen molar-refractivity contribution in [2.45, 2.75) is 58.5 Å². The third-order valence-corrected chi connectivity index (χ3v) is 3.36. The van der Waals surface area contributed by atoms with Crippen LogP contribution in [0, 0.1) is 0 Å². The highest BCUT2D eigenvalue weighted by molar-refractivity contribution is 14.0. The molecule has 0 aromatic rings. The summed E-state index contributed by atoms with van der Waals surface area (Å²) in [6, 6.07) is 0. The van der Waals surface area contributed by atoms with Gasteiger partial charge in [-0.1, -0.05) is 12.8 Å². The highest BCUT2D eigenvalue weighted by atomic mass is 127. The fourth-order valence-electron chi connectivity index (χ4n) is 1.78. The maximum atomic E-state index is 11.2. The van der Waals surface area contributed by atoms with Crippen LogP contribution in [0.15, 0.2) is 4.99 Å². The molecule has 6 nitrogen and oxygen atoms in total. The van der Waals surface area contributed by atoms with Gasteiger partial charge in [-0.15, -0.1) is 24.0 Å². The van der Waals surface area contributed by atoms with E-state index in [1.54, 1.807) is 14.2 Å². The second-order valence-corrected chi connectivity index (χ2v) is 5.79. The van der Waals surface area contributed by atoms with Gasteiger partial charge in [-0.25, -0.2) is 0 Å². The summed E-state index contributed by atoms with van der Waals surface area (Å²) in [5.74, 6) is 0.697. The van der Waals surface area contributed by atoms with Crippen molar-refractivity contribution in [3.8, 4) is 0 Å². The molecule has 7 heteroatoms. The van der Waals surface area contributed by atoms with Gasteiger partial charge < -0.3 is 20.1 Å². The van der Waals surface area contributed by atoms with Crippen molar-refractivity contribution in [2.24, 2.45) is 4.99 Å². The first-order chi connectivity index (χ1) is 10.4. The van der Waals surface area contributed by atoms with E-state index in [9.17, 15) is 4.79 Å². The molecule has 0 aromatic heterocycles. The highest BCUT2D eigenvalue weighted by Gasteiger charge is 2.16. The van der Waals surface area contributed by atoms with Crippen LogP contribution in [0.5, 0.6) is 0 Å². The standard InChI is InChI=1S/C16H33N3O3.HI/c1-6-22-14(20)11-9-7-8-10-12-18-15(17-4)19-13-16(2,3)21-5;/h6-13H2,1-5H3,(H2,17,18,19);1H. The van der Waals surface area contributed by atoms with Gasteiger partial charge in [-0.05, 0) is 33.6 Å². The molecule has 0 unspecified atom stereocenters. The minimum atomic E-state index is -0.218. The van der Waals surface area contributed by atoms with Crippen LogP contribution in [0.3, 0.4) is 0 Å². The lowest BCUT2D eigenvalue weighted by atomic mass is 10.1. The number of ether oxygens (including phenoxy) is 2. The van der Waals surface area contributed by atoms with Gasteiger partial charge in [0, 0.05) is 33.7 Å². The normalized spacial score (nSPS) is 11.6. The highest BCUT2D eigenvalue weighted by Crippen LogP contribution is 2.05. The van der Waals surface area contributed by atoms with Crippen LogP contribution in [-0.4, -0.2) is 51.4 Å². The molecule has 0 fully saturated rings. The number of aliphatic imine (C=N–C) groups is 1. The van der Waals surface area contributed by atoms with Crippen LogP contribution >= 0.6 is 24.0 Å². The quantitative estimate of drug-likeness (QED) is 0.169. The molecule has 0 saturated heterocycles. The van der Waals surface area contributed by atoms with Gasteiger partial charge in [0.05, 0.1) is 12.2 Å². The number of hydrogen-bond donors (Lipinski definition) is 2. The van der Waals surface area contributed by atoms with Crippen LogP contribution in [0.4, 0.5) is 0 Å². The van der Waals surface area contributed by atoms with Gasteiger partial charge in [0.1, 0.15) is 0 Å². The van der Waals surface area contributed by atoms with Gasteiger partial charge in [0.2, 0.25) is 0 Å². The molecule has 0 rings (SSSR count). The maximum Gasteiger partial charge on any atom is 0.305 e. The lowest BCUT2D eigenvalue weighted by molar-refractivity contribution is -0.143. The number of esters is 1. The summed E-state index contributed by atoms with van der Waals surface area (Å²) < 4.78 is 10.2. The molecule has 0 heterocycles. The predicted molar refractivity (Wildman–Crippen MR) is 106 cm³/mol. The number of unbranched alkanes of at least 4 members (excludes halogenated alkanes) is 3. The zero-order valence-corrected chi connectivity index (χ0v) is 17.6. The zero-order chi connectivity index (χ0) is 16.8. The summed E-state index contributed by atoms with van der Waals surface area (Å²) in [6.07, 6.45) is 4.61. The number of halogens is 1. The largest absolute Gasteiger partial charge is 0.466 e. The number of methoxy groups -OCH3 is 1. The Hall–Kier alpha value is -0.570. The van der Waals surface area contributed by atoms with Gasteiger partial charge in [-0.2, -0.15) is 0 Å². The Morgan fingerprint density at radius 3 is 2.35 bits per heavy atom. The van der Waals surface area contributed by atoms with Crippen molar-refractivity contribution in [3.63, 3.8) is 0 Å². The first-order valence-electron chi connectivity index (χ1n) is 8.10. The molecule has 0 aliphatic heterocycles. The number of guanidine groups is 1. The van der Waals surface area contributed by atoms with E-state index < -0.39 is 0 Å². The Labute approximate surface area is 158 Å². The fourth-order valence-corrected chi connectivity index (χ4v) is 1.78. The van der Waals surface area contributed by atoms with Crippen molar-refractivity contribution in [1.82, 2.24) is 10.6 Å². The number of carbonyl (C=O) groups is 1. The lowest BCUT2D eigenvalue weighted by Gasteiger charge is -2.24. The Bertz CT molecular complexity index is 337. The molecule has 2 N–H and O–H groups in total. The van der Waals surface area contributed by atoms with E-state index >= 15 is 0 Å². The van der Waals surface area contributed by atoms with Gasteiger partial charge in [-0.3, -0.25) is 9.79 Å². The molecule has 0 bridgehead atoms. The molecule has 0 aromatic carbocycles. The van der Waals surface area contributed by atoms with E-state index in [1.807, 2.05) is 20.8 Å². The second kappa shape index (κ2) is 15.0. The molecular weight excluding hydrogens is 409 g/mol. The Morgan fingerprint density at radius 2 is 1.78 bits per heavy atom. The maximum absolute atomic E-state index is 11.2. The second-order valence-electron chi connectivity index (χ2n) is 5.79. The number of rotatable bonds is 11. The molecule has 0 amide bonds. The molecule has 0 atom stereocenters. The summed E-state index contributed by atoms with van der Waals surface area (Å²) in [5.41, 5.74) is -0.218. The SMILES string of the molecule is CCOC(=O)CCCCCCNC(=NC)NCC(C)(C)OC.I. The van der Waals surface area contributed by atoms with Crippen molar-refractivity contribution >= 4 is 35.9 Å². The van der Waals surface area contributed by atoms with E-state index in [1.165, 1.54) is 0 Å². The van der Waals surface area contributed by atoms with Gasteiger partial charge >= 0.3 is 5.97 Å². The van der Waals surface area contributed by atoms with Crippen LogP contribution in [-0.2, 0) is 14.3 Å². The topological polar surface area (TPSA) is 72.0 Å².